The molecular weight excluding hydrogens is 395 g/mol. The molecule has 0 aromatic heterocycles. The number of carbonyl (C=O) groups excluding carboxylic acids is 1. The van der Waals surface area contributed by atoms with Gasteiger partial charge in [-0.05, 0) is 24.6 Å². The number of halogens is 1. The molecule has 0 fully saturated rings. The van der Waals surface area contributed by atoms with Crippen molar-refractivity contribution in [1.29, 1.82) is 0 Å². The van der Waals surface area contributed by atoms with Gasteiger partial charge < -0.3 is 20.7 Å². The topological polar surface area (TPSA) is 74.8 Å². The summed E-state index contributed by atoms with van der Waals surface area (Å²) >= 11 is 0. The van der Waals surface area contributed by atoms with E-state index in [9.17, 15) is 4.79 Å². The molecule has 0 aliphatic rings. The van der Waals surface area contributed by atoms with E-state index in [-0.39, 0.29) is 29.9 Å². The van der Waals surface area contributed by atoms with Crippen LogP contribution in [0.2, 0.25) is 0 Å². The fraction of sp³-hybridized carbons (Fsp3) is 0.467. The first-order valence-electron chi connectivity index (χ1n) is 7.01. The Hall–Kier alpha value is -1.35. The van der Waals surface area contributed by atoms with Gasteiger partial charge in [-0.1, -0.05) is 12.1 Å². The summed E-state index contributed by atoms with van der Waals surface area (Å²) in [6.45, 7) is 4.50. The number of nitrogens with one attached hydrogen (secondary N) is 3. The van der Waals surface area contributed by atoms with E-state index in [1.54, 1.807) is 14.2 Å². The van der Waals surface area contributed by atoms with Crippen LogP contribution in [0.1, 0.15) is 22.8 Å². The van der Waals surface area contributed by atoms with Gasteiger partial charge in [-0.3, -0.25) is 9.79 Å². The van der Waals surface area contributed by atoms with Gasteiger partial charge in [-0.15, -0.1) is 24.0 Å². The summed E-state index contributed by atoms with van der Waals surface area (Å²) in [6.07, 6.45) is 0. The highest BCUT2D eigenvalue weighted by atomic mass is 127. The SMILES string of the molecule is CCNC(=O)c1ccc(CNC(=NC)NCCOC)cc1.I. The van der Waals surface area contributed by atoms with Crippen molar-refractivity contribution in [1.82, 2.24) is 16.0 Å². The zero-order valence-corrected chi connectivity index (χ0v) is 15.6. The molecule has 0 aliphatic heterocycles. The Balaban J connectivity index is 0.00000441. The molecule has 22 heavy (non-hydrogen) atoms. The first kappa shape index (κ1) is 20.6. The quantitative estimate of drug-likeness (QED) is 0.270. The number of guanidine groups is 1. The molecule has 0 bridgehead atoms. The summed E-state index contributed by atoms with van der Waals surface area (Å²) in [4.78, 5) is 15.8. The second-order valence-corrected chi connectivity index (χ2v) is 4.40. The van der Waals surface area contributed by atoms with Crippen molar-refractivity contribution in [2.45, 2.75) is 13.5 Å². The van der Waals surface area contributed by atoms with E-state index in [2.05, 4.69) is 20.9 Å². The Kier molecular flexibility index (Phi) is 11.5. The van der Waals surface area contributed by atoms with Crippen LogP contribution in [0.4, 0.5) is 0 Å². The number of nitrogens with zero attached hydrogens (tertiary/aromatic N) is 1. The predicted molar refractivity (Wildman–Crippen MR) is 99.9 cm³/mol. The number of rotatable bonds is 7. The Labute approximate surface area is 149 Å². The van der Waals surface area contributed by atoms with Gasteiger partial charge in [-0.25, -0.2) is 0 Å². The minimum absolute atomic E-state index is 0. The Morgan fingerprint density at radius 1 is 1.18 bits per heavy atom. The van der Waals surface area contributed by atoms with Crippen LogP contribution in [-0.2, 0) is 11.3 Å². The molecule has 0 saturated heterocycles. The summed E-state index contributed by atoms with van der Waals surface area (Å²) in [5.74, 6) is 0.675. The second-order valence-electron chi connectivity index (χ2n) is 4.40. The molecule has 0 aliphatic carbocycles. The van der Waals surface area contributed by atoms with E-state index in [0.717, 1.165) is 11.5 Å². The van der Waals surface area contributed by atoms with Gasteiger partial charge in [0.2, 0.25) is 0 Å². The standard InChI is InChI=1S/C15H24N4O2.HI/c1-4-17-14(20)13-7-5-12(6-8-13)11-19-15(16-2)18-9-10-21-3;/h5-8H,4,9-11H2,1-3H3,(H,17,20)(H2,16,18,19);1H. The van der Waals surface area contributed by atoms with Gasteiger partial charge in [0.25, 0.3) is 5.91 Å². The van der Waals surface area contributed by atoms with Gasteiger partial charge in [0.1, 0.15) is 0 Å². The first-order chi connectivity index (χ1) is 10.2. The average molecular weight is 420 g/mol. The number of ether oxygens (including phenoxy) is 1. The molecule has 1 aromatic rings. The van der Waals surface area contributed by atoms with Crippen molar-refractivity contribution >= 4 is 35.8 Å². The molecule has 7 heteroatoms. The van der Waals surface area contributed by atoms with Gasteiger partial charge in [0, 0.05) is 39.4 Å². The zero-order chi connectivity index (χ0) is 15.5. The highest BCUT2D eigenvalue weighted by molar-refractivity contribution is 14.0. The molecule has 0 radical (unpaired) electrons. The lowest BCUT2D eigenvalue weighted by Crippen LogP contribution is -2.38. The number of hydrogen-bond acceptors (Lipinski definition) is 3. The molecule has 0 saturated carbocycles. The number of amides is 1. The highest BCUT2D eigenvalue weighted by Gasteiger charge is 2.03. The number of methoxy groups -OCH3 is 1. The van der Waals surface area contributed by atoms with E-state index < -0.39 is 0 Å². The van der Waals surface area contributed by atoms with Crippen LogP contribution in [0.25, 0.3) is 0 Å². The van der Waals surface area contributed by atoms with Crippen molar-refractivity contribution in [3.63, 3.8) is 0 Å². The van der Waals surface area contributed by atoms with Gasteiger partial charge in [-0.2, -0.15) is 0 Å². The summed E-state index contributed by atoms with van der Waals surface area (Å²) in [6, 6.07) is 7.51. The van der Waals surface area contributed by atoms with Crippen LogP contribution in [-0.4, -0.2) is 45.7 Å². The monoisotopic (exact) mass is 420 g/mol. The number of carbonyl (C=O) groups is 1. The smallest absolute Gasteiger partial charge is 0.251 e. The molecule has 0 atom stereocenters. The van der Waals surface area contributed by atoms with Crippen LogP contribution < -0.4 is 16.0 Å². The normalized spacial score (nSPS) is 10.6. The molecule has 1 amide bonds. The molecular formula is C15H25IN4O2. The number of hydrogen-bond donors (Lipinski definition) is 3. The average Bonchev–Trinajstić information content (AvgIpc) is 2.51. The second kappa shape index (κ2) is 12.2. The maximum atomic E-state index is 11.6. The van der Waals surface area contributed by atoms with Crippen LogP contribution in [0.15, 0.2) is 29.3 Å². The Morgan fingerprint density at radius 2 is 1.86 bits per heavy atom. The molecule has 1 rings (SSSR count). The Morgan fingerprint density at radius 3 is 2.41 bits per heavy atom. The third kappa shape index (κ3) is 7.60. The molecule has 124 valence electrons. The third-order valence-corrected chi connectivity index (χ3v) is 2.84. The molecule has 3 N–H and O–H groups in total. The molecule has 1 aromatic carbocycles. The van der Waals surface area contributed by atoms with Crippen LogP contribution in [0.3, 0.4) is 0 Å². The van der Waals surface area contributed by atoms with Gasteiger partial charge >= 0.3 is 0 Å². The lowest BCUT2D eigenvalue weighted by atomic mass is 10.1. The first-order valence-corrected chi connectivity index (χ1v) is 7.01. The van der Waals surface area contributed by atoms with Crippen molar-refractivity contribution in [3.05, 3.63) is 35.4 Å². The maximum Gasteiger partial charge on any atom is 0.251 e. The van der Waals surface area contributed by atoms with Crippen molar-refractivity contribution in [2.24, 2.45) is 4.99 Å². The molecule has 0 spiro atoms. The maximum absolute atomic E-state index is 11.6. The van der Waals surface area contributed by atoms with Gasteiger partial charge in [0.15, 0.2) is 5.96 Å². The Bertz CT molecular complexity index is 463. The van der Waals surface area contributed by atoms with E-state index in [1.807, 2.05) is 31.2 Å². The summed E-state index contributed by atoms with van der Waals surface area (Å²) in [5.41, 5.74) is 1.75. The lowest BCUT2D eigenvalue weighted by molar-refractivity contribution is 0.0956. The minimum atomic E-state index is -0.0472. The molecule has 0 unspecified atom stereocenters. The van der Waals surface area contributed by atoms with Gasteiger partial charge in [0.05, 0.1) is 6.61 Å². The summed E-state index contributed by atoms with van der Waals surface area (Å²) in [5, 5.41) is 9.11. The van der Waals surface area contributed by atoms with Crippen LogP contribution >= 0.6 is 24.0 Å². The predicted octanol–water partition coefficient (Wildman–Crippen LogP) is 1.37. The largest absolute Gasteiger partial charge is 0.383 e. The van der Waals surface area contributed by atoms with Crippen molar-refractivity contribution in [3.8, 4) is 0 Å². The van der Waals surface area contributed by atoms with Crippen molar-refractivity contribution in [2.75, 3.05) is 33.9 Å². The van der Waals surface area contributed by atoms with E-state index >= 15 is 0 Å². The van der Waals surface area contributed by atoms with Crippen molar-refractivity contribution < 1.29 is 9.53 Å². The number of aliphatic imine (C=N–C) groups is 1. The van der Waals surface area contributed by atoms with E-state index in [1.165, 1.54) is 0 Å². The minimum Gasteiger partial charge on any atom is -0.383 e. The summed E-state index contributed by atoms with van der Waals surface area (Å²) in [7, 11) is 3.38. The fourth-order valence-corrected chi connectivity index (χ4v) is 1.71. The lowest BCUT2D eigenvalue weighted by Gasteiger charge is -2.11. The summed E-state index contributed by atoms with van der Waals surface area (Å²) < 4.78 is 4.97. The van der Waals surface area contributed by atoms with Crippen LogP contribution in [0.5, 0.6) is 0 Å². The molecule has 0 heterocycles. The van der Waals surface area contributed by atoms with E-state index in [0.29, 0.717) is 31.8 Å². The third-order valence-electron chi connectivity index (χ3n) is 2.84. The zero-order valence-electron chi connectivity index (χ0n) is 13.3. The molecule has 6 nitrogen and oxygen atoms in total. The van der Waals surface area contributed by atoms with Crippen LogP contribution in [0, 0.1) is 0 Å². The fourth-order valence-electron chi connectivity index (χ4n) is 1.71. The van der Waals surface area contributed by atoms with E-state index in [4.69, 9.17) is 4.74 Å². The number of benzene rings is 1. The highest BCUT2D eigenvalue weighted by Crippen LogP contribution is 2.04.